The fourth-order valence-corrected chi connectivity index (χ4v) is 3.75. The Morgan fingerprint density at radius 1 is 1.21 bits per heavy atom. The maximum Gasteiger partial charge on any atom is 0.179 e. The maximum absolute atomic E-state index is 12.3. The van der Waals surface area contributed by atoms with Crippen LogP contribution in [0.2, 0.25) is 0 Å². The molecule has 3 saturated heterocycles. The van der Waals surface area contributed by atoms with Crippen LogP contribution in [0.25, 0.3) is 6.08 Å². The first-order chi connectivity index (χ1) is 9.33. The number of carbonyl (C=O) groups excluding carboxylic acids is 1. The van der Waals surface area contributed by atoms with Gasteiger partial charge in [-0.2, -0.15) is 0 Å². The van der Waals surface area contributed by atoms with E-state index in [4.69, 9.17) is 4.74 Å². The first-order valence-corrected chi connectivity index (χ1v) is 6.99. The molecule has 3 aliphatic rings. The Balaban J connectivity index is 1.74. The van der Waals surface area contributed by atoms with E-state index in [1.165, 1.54) is 0 Å². The number of ether oxygens (including phenoxy) is 1. The molecule has 98 valence electrons. The first-order valence-electron chi connectivity index (χ1n) is 6.99. The Bertz CT molecular complexity index is 537. The number of nitrogens with zero attached hydrogens (tertiary/aromatic N) is 1. The molecule has 1 aromatic carbocycles. The highest BCUT2D eigenvalue weighted by Crippen LogP contribution is 2.43. The summed E-state index contributed by atoms with van der Waals surface area (Å²) in [6.45, 7) is 1.55. The lowest BCUT2D eigenvalue weighted by molar-refractivity contribution is -0.122. The van der Waals surface area contributed by atoms with Gasteiger partial charge in [-0.05, 0) is 24.0 Å². The molecular formula is C16H17NO2. The van der Waals surface area contributed by atoms with Crippen molar-refractivity contribution in [3.8, 4) is 0 Å². The van der Waals surface area contributed by atoms with Crippen molar-refractivity contribution in [2.24, 2.45) is 5.92 Å². The van der Waals surface area contributed by atoms with Gasteiger partial charge in [0.2, 0.25) is 0 Å². The third kappa shape index (κ3) is 1.72. The highest BCUT2D eigenvalue weighted by atomic mass is 16.5. The molecule has 0 N–H and O–H groups in total. The highest BCUT2D eigenvalue weighted by Gasteiger charge is 2.50. The van der Waals surface area contributed by atoms with Gasteiger partial charge in [0.05, 0.1) is 31.0 Å². The molecule has 0 aliphatic carbocycles. The molecule has 3 heteroatoms. The van der Waals surface area contributed by atoms with Crippen LogP contribution in [0.5, 0.6) is 0 Å². The zero-order valence-electron chi connectivity index (χ0n) is 10.8. The van der Waals surface area contributed by atoms with Crippen LogP contribution < -0.4 is 0 Å². The lowest BCUT2D eigenvalue weighted by Gasteiger charge is -2.41. The van der Waals surface area contributed by atoms with Gasteiger partial charge < -0.3 is 9.64 Å². The van der Waals surface area contributed by atoms with Crippen molar-refractivity contribution in [3.63, 3.8) is 0 Å². The smallest absolute Gasteiger partial charge is 0.179 e. The van der Waals surface area contributed by atoms with Crippen molar-refractivity contribution in [3.05, 3.63) is 41.6 Å². The standard InChI is InChI=1S/C16H17NO2/c18-16-8-12-7-13-9-19-10-15(12)17(13)14(16)6-11-4-2-1-3-5-11/h1-6,12-13,15H,7-10H2. The summed E-state index contributed by atoms with van der Waals surface area (Å²) in [4.78, 5) is 14.7. The minimum absolute atomic E-state index is 0.300. The number of Topliss-reactive ketones (excluding diaryl/α,β-unsaturated/α-hetero) is 1. The zero-order valence-corrected chi connectivity index (χ0v) is 10.8. The normalized spacial score (nSPS) is 34.9. The molecule has 3 unspecified atom stereocenters. The van der Waals surface area contributed by atoms with Gasteiger partial charge >= 0.3 is 0 Å². The van der Waals surface area contributed by atoms with E-state index in [-0.39, 0.29) is 0 Å². The van der Waals surface area contributed by atoms with Gasteiger partial charge in [-0.3, -0.25) is 4.79 Å². The van der Waals surface area contributed by atoms with Crippen LogP contribution >= 0.6 is 0 Å². The summed E-state index contributed by atoms with van der Waals surface area (Å²) in [5.74, 6) is 0.808. The number of rotatable bonds is 1. The number of ketones is 1. The first kappa shape index (κ1) is 11.2. The number of hydrogen-bond acceptors (Lipinski definition) is 3. The summed E-state index contributed by atoms with van der Waals surface area (Å²) >= 11 is 0. The molecule has 4 rings (SSSR count). The Morgan fingerprint density at radius 3 is 2.89 bits per heavy atom. The number of carbonyl (C=O) groups is 1. The minimum atomic E-state index is 0.300. The SMILES string of the molecule is O=C1CC2CC3COCC2N3C1=Cc1ccccc1. The van der Waals surface area contributed by atoms with E-state index in [1.807, 2.05) is 18.2 Å². The second-order valence-electron chi connectivity index (χ2n) is 5.73. The van der Waals surface area contributed by atoms with Gasteiger partial charge in [0.1, 0.15) is 0 Å². The molecule has 0 saturated carbocycles. The predicted molar refractivity (Wildman–Crippen MR) is 72.4 cm³/mol. The van der Waals surface area contributed by atoms with Crippen molar-refractivity contribution in [1.29, 1.82) is 0 Å². The third-order valence-corrected chi connectivity index (χ3v) is 4.58. The van der Waals surface area contributed by atoms with E-state index in [9.17, 15) is 4.79 Å². The van der Waals surface area contributed by atoms with E-state index in [0.29, 0.717) is 30.2 Å². The van der Waals surface area contributed by atoms with Crippen LogP contribution in [-0.4, -0.2) is 36.0 Å². The van der Waals surface area contributed by atoms with Gasteiger partial charge in [0.15, 0.2) is 5.78 Å². The highest BCUT2D eigenvalue weighted by molar-refractivity contribution is 6.00. The van der Waals surface area contributed by atoms with Crippen molar-refractivity contribution in [1.82, 2.24) is 4.90 Å². The fraction of sp³-hybridized carbons (Fsp3) is 0.438. The summed E-state index contributed by atoms with van der Waals surface area (Å²) in [5.41, 5.74) is 2.01. The van der Waals surface area contributed by atoms with Gasteiger partial charge in [-0.1, -0.05) is 30.3 Å². The average molecular weight is 255 g/mol. The van der Waals surface area contributed by atoms with Crippen LogP contribution in [-0.2, 0) is 9.53 Å². The minimum Gasteiger partial charge on any atom is -0.377 e. The topological polar surface area (TPSA) is 29.5 Å². The van der Waals surface area contributed by atoms with E-state index in [2.05, 4.69) is 23.1 Å². The number of allylic oxidation sites excluding steroid dienone is 1. The van der Waals surface area contributed by atoms with Gasteiger partial charge in [0.25, 0.3) is 0 Å². The quantitative estimate of drug-likeness (QED) is 0.720. The number of piperidine rings is 1. The second kappa shape index (κ2) is 4.20. The summed E-state index contributed by atoms with van der Waals surface area (Å²) < 4.78 is 5.65. The van der Waals surface area contributed by atoms with Gasteiger partial charge in [-0.15, -0.1) is 0 Å². The molecular weight excluding hydrogens is 238 g/mol. The van der Waals surface area contributed by atoms with Crippen LogP contribution in [0.3, 0.4) is 0 Å². The van der Waals surface area contributed by atoms with Crippen molar-refractivity contribution >= 4 is 11.9 Å². The molecule has 3 aliphatic heterocycles. The van der Waals surface area contributed by atoms with E-state index in [1.54, 1.807) is 0 Å². The Kier molecular flexibility index (Phi) is 2.49. The van der Waals surface area contributed by atoms with Gasteiger partial charge in [-0.25, -0.2) is 0 Å². The lowest BCUT2D eigenvalue weighted by atomic mass is 9.90. The maximum atomic E-state index is 12.3. The number of hydrogen-bond donors (Lipinski definition) is 0. The van der Waals surface area contributed by atoms with Crippen LogP contribution in [0, 0.1) is 5.92 Å². The fourth-order valence-electron chi connectivity index (χ4n) is 3.75. The van der Waals surface area contributed by atoms with E-state index >= 15 is 0 Å². The van der Waals surface area contributed by atoms with Crippen LogP contribution in [0.1, 0.15) is 18.4 Å². The molecule has 19 heavy (non-hydrogen) atoms. The van der Waals surface area contributed by atoms with Crippen molar-refractivity contribution in [2.45, 2.75) is 24.9 Å². The average Bonchev–Trinajstić information content (AvgIpc) is 2.58. The van der Waals surface area contributed by atoms with Crippen LogP contribution in [0.15, 0.2) is 36.0 Å². The predicted octanol–water partition coefficient (Wildman–Crippen LogP) is 2.09. The molecule has 0 radical (unpaired) electrons. The molecule has 4 bridgehead atoms. The molecule has 3 nitrogen and oxygen atoms in total. The number of morpholine rings is 1. The Hall–Kier alpha value is -1.61. The molecule has 0 aromatic heterocycles. The molecule has 0 spiro atoms. The summed E-state index contributed by atoms with van der Waals surface area (Å²) in [6.07, 6.45) is 3.86. The molecule has 3 heterocycles. The molecule has 0 amide bonds. The van der Waals surface area contributed by atoms with Gasteiger partial charge in [0, 0.05) is 6.42 Å². The summed E-state index contributed by atoms with van der Waals surface area (Å²) in [5, 5.41) is 0. The monoisotopic (exact) mass is 255 g/mol. The van der Waals surface area contributed by atoms with E-state index < -0.39 is 0 Å². The van der Waals surface area contributed by atoms with Crippen molar-refractivity contribution < 1.29 is 9.53 Å². The summed E-state index contributed by atoms with van der Waals surface area (Å²) in [7, 11) is 0. The lowest BCUT2D eigenvalue weighted by Crippen LogP contribution is -2.50. The Morgan fingerprint density at radius 2 is 2.05 bits per heavy atom. The largest absolute Gasteiger partial charge is 0.377 e. The zero-order chi connectivity index (χ0) is 12.8. The second-order valence-corrected chi connectivity index (χ2v) is 5.73. The van der Waals surface area contributed by atoms with Crippen molar-refractivity contribution in [2.75, 3.05) is 13.2 Å². The third-order valence-electron chi connectivity index (χ3n) is 4.58. The van der Waals surface area contributed by atoms with Crippen LogP contribution in [0.4, 0.5) is 0 Å². The summed E-state index contributed by atoms with van der Waals surface area (Å²) in [6, 6.07) is 11.0. The van der Waals surface area contributed by atoms with E-state index in [0.717, 1.165) is 30.9 Å². The molecule has 3 atom stereocenters. The molecule has 3 fully saturated rings. The molecule has 1 aromatic rings. The Labute approximate surface area is 112 Å². The number of benzene rings is 1.